The van der Waals surface area contributed by atoms with E-state index in [1.165, 1.54) is 17.0 Å². The monoisotopic (exact) mass is 676 g/mol. The van der Waals surface area contributed by atoms with Crippen LogP contribution in [0.4, 0.5) is 9.18 Å². The van der Waals surface area contributed by atoms with Crippen LogP contribution in [0.1, 0.15) is 43.7 Å². The maximum atomic E-state index is 16.3. The van der Waals surface area contributed by atoms with E-state index >= 15 is 4.39 Å². The molecule has 2 unspecified atom stereocenters. The van der Waals surface area contributed by atoms with E-state index in [-0.39, 0.29) is 59.0 Å². The van der Waals surface area contributed by atoms with E-state index in [0.717, 1.165) is 0 Å². The summed E-state index contributed by atoms with van der Waals surface area (Å²) in [5, 5.41) is 6.71. The Labute approximate surface area is 277 Å². The number of ether oxygens (including phenoxy) is 1. The molecule has 4 amide bonds. The Hall–Kier alpha value is -3.27. The van der Waals surface area contributed by atoms with E-state index in [1.54, 1.807) is 43.3 Å². The highest BCUT2D eigenvalue weighted by molar-refractivity contribution is 6.31. The molecule has 240 valence electrons. The molecule has 12 heteroatoms. The van der Waals surface area contributed by atoms with E-state index < -0.39 is 23.2 Å². The summed E-state index contributed by atoms with van der Waals surface area (Å²) in [4.78, 5) is 43.4. The number of hydrogen-bond acceptors (Lipinski definition) is 4. The molecule has 2 N–H and O–H groups in total. The highest BCUT2D eigenvalue weighted by Crippen LogP contribution is 2.58. The molecule has 0 aromatic heterocycles. The Bertz CT molecular complexity index is 1520. The minimum atomic E-state index is -1.33. The average molecular weight is 678 g/mol. The van der Waals surface area contributed by atoms with Gasteiger partial charge in [0.2, 0.25) is 11.8 Å². The molecule has 0 radical (unpaired) electrons. The number of benzene rings is 1. The zero-order valence-corrected chi connectivity index (χ0v) is 27.4. The van der Waals surface area contributed by atoms with Gasteiger partial charge in [-0.2, -0.15) is 0 Å². The fraction of sp³-hybridized carbons (Fsp3) is 0.424. The molecule has 4 atom stereocenters. The quantitative estimate of drug-likeness (QED) is 0.333. The van der Waals surface area contributed by atoms with Crippen LogP contribution in [0, 0.1) is 23.1 Å². The molecule has 0 bridgehead atoms. The van der Waals surface area contributed by atoms with Crippen molar-refractivity contribution in [1.82, 2.24) is 20.4 Å². The fourth-order valence-corrected chi connectivity index (χ4v) is 7.58. The van der Waals surface area contributed by atoms with Gasteiger partial charge in [0, 0.05) is 68.6 Å². The molecule has 45 heavy (non-hydrogen) atoms. The molecular weight excluding hydrogens is 642 g/mol. The molecule has 0 saturated carbocycles. The smallest absolute Gasteiger partial charge is 0.319 e. The number of nitrogens with zero attached hydrogens (tertiary/aromatic N) is 2. The molecule has 1 spiro atoms. The summed E-state index contributed by atoms with van der Waals surface area (Å²) in [6.45, 7) is 4.61. The normalized spacial score (nSPS) is 28.2. The van der Waals surface area contributed by atoms with Gasteiger partial charge in [0.25, 0.3) is 0 Å². The number of halogens is 4. The van der Waals surface area contributed by atoms with Crippen molar-refractivity contribution >= 4 is 52.6 Å². The van der Waals surface area contributed by atoms with Crippen molar-refractivity contribution in [2.45, 2.75) is 44.2 Å². The third kappa shape index (κ3) is 6.67. The van der Waals surface area contributed by atoms with Gasteiger partial charge < -0.3 is 25.2 Å². The number of carbonyl (C=O) groups is 3. The summed E-state index contributed by atoms with van der Waals surface area (Å²) in [7, 11) is 3.40. The highest BCUT2D eigenvalue weighted by atomic mass is 35.5. The first-order valence-electron chi connectivity index (χ1n) is 14.9. The van der Waals surface area contributed by atoms with Crippen LogP contribution >= 0.6 is 34.8 Å². The Morgan fingerprint density at radius 2 is 1.93 bits per heavy atom. The second-order valence-electron chi connectivity index (χ2n) is 12.1. The van der Waals surface area contributed by atoms with Gasteiger partial charge in [0.05, 0.1) is 22.0 Å². The second kappa shape index (κ2) is 13.6. The third-order valence-electron chi connectivity index (χ3n) is 9.01. The molecule has 1 aromatic carbocycles. The predicted octanol–water partition coefficient (Wildman–Crippen LogP) is 6.58. The van der Waals surface area contributed by atoms with Gasteiger partial charge in [-0.05, 0) is 48.6 Å². The van der Waals surface area contributed by atoms with E-state index in [0.29, 0.717) is 48.1 Å². The maximum absolute atomic E-state index is 16.3. The molecule has 3 heterocycles. The van der Waals surface area contributed by atoms with Crippen molar-refractivity contribution in [3.05, 3.63) is 87.3 Å². The van der Waals surface area contributed by atoms with Gasteiger partial charge in [-0.15, -0.1) is 0 Å². The molecule has 3 saturated heterocycles. The first-order chi connectivity index (χ1) is 21.4. The molecule has 5 rings (SSSR count). The first-order valence-corrected chi connectivity index (χ1v) is 16.0. The number of amides is 4. The number of piperidine rings is 2. The predicted molar refractivity (Wildman–Crippen MR) is 173 cm³/mol. The minimum absolute atomic E-state index is 0.0120. The topological polar surface area (TPSA) is 91.0 Å². The van der Waals surface area contributed by atoms with Crippen molar-refractivity contribution in [2.75, 3.05) is 27.2 Å². The summed E-state index contributed by atoms with van der Waals surface area (Å²) in [5.41, 5.74) is -0.795. The van der Waals surface area contributed by atoms with Crippen LogP contribution in [0.5, 0.6) is 5.75 Å². The fourth-order valence-electron chi connectivity index (χ4n) is 6.94. The van der Waals surface area contributed by atoms with Crippen molar-refractivity contribution < 1.29 is 23.5 Å². The third-order valence-corrected chi connectivity index (χ3v) is 9.82. The van der Waals surface area contributed by atoms with Crippen molar-refractivity contribution in [1.29, 1.82) is 0 Å². The number of urea groups is 1. The van der Waals surface area contributed by atoms with Crippen LogP contribution in [-0.2, 0) is 9.59 Å². The lowest BCUT2D eigenvalue weighted by Crippen LogP contribution is -2.57. The summed E-state index contributed by atoms with van der Waals surface area (Å²) in [6, 6.07) is 1.77. The summed E-state index contributed by atoms with van der Waals surface area (Å²) >= 11 is 19.2. The average Bonchev–Trinajstić information content (AvgIpc) is 3.31. The summed E-state index contributed by atoms with van der Waals surface area (Å²) < 4.78 is 22.8. The van der Waals surface area contributed by atoms with E-state index in [4.69, 9.17) is 39.5 Å². The van der Waals surface area contributed by atoms with E-state index in [1.807, 2.05) is 12.2 Å². The molecule has 1 aliphatic carbocycles. The standard InChI is InChI=1S/C33H36Cl3FN4O4/c1-4-6-20(34)16-22-18-33(31(43)38-22)24(19-7-5-8-21(35)15-19)17-27(42)39-30(33)28-26(10-9-25(36)29(28)37)45-23-11-13-41(14-12-23)32(44)40(2)3/h4-10,16,19,23-24,30H,1,11-15,17-18H2,2-3H3,(H,38,43)(H,39,42)/b20-6+,22-16+/t19?,24-,30?,33-/m0/s1. The SMILES string of the molecule is C=C/C=C(Cl)\C=C1/C[C@@]2(C(=O)N1)C(c1c(OC3CCN(C(=O)N(C)C)CC3)ccc(Cl)c1F)NC(=O)C[C@H]2C1C=CC=C(Cl)C1. The molecular formula is C33H36Cl3FN4O4. The zero-order chi connectivity index (χ0) is 32.5. The number of carbonyl (C=O) groups excluding carboxylic acids is 3. The van der Waals surface area contributed by atoms with Gasteiger partial charge in [-0.25, -0.2) is 9.18 Å². The van der Waals surface area contributed by atoms with Gasteiger partial charge in [-0.1, -0.05) is 59.6 Å². The van der Waals surface area contributed by atoms with E-state index in [9.17, 15) is 14.4 Å². The lowest BCUT2D eigenvalue weighted by Gasteiger charge is -2.48. The van der Waals surface area contributed by atoms with Crippen LogP contribution < -0.4 is 15.4 Å². The first kappa shape index (κ1) is 33.1. The lowest BCUT2D eigenvalue weighted by molar-refractivity contribution is -0.143. The number of likely N-dealkylation sites (tertiary alicyclic amines) is 1. The zero-order valence-electron chi connectivity index (χ0n) is 25.1. The molecule has 4 aliphatic rings. The van der Waals surface area contributed by atoms with Crippen LogP contribution in [0.25, 0.3) is 0 Å². The highest BCUT2D eigenvalue weighted by Gasteiger charge is 2.61. The van der Waals surface area contributed by atoms with Crippen LogP contribution in [0.3, 0.4) is 0 Å². The van der Waals surface area contributed by atoms with Crippen molar-refractivity contribution in [3.63, 3.8) is 0 Å². The van der Waals surface area contributed by atoms with Gasteiger partial charge >= 0.3 is 6.03 Å². The Morgan fingerprint density at radius 1 is 1.20 bits per heavy atom. The maximum Gasteiger partial charge on any atom is 0.319 e. The van der Waals surface area contributed by atoms with Crippen LogP contribution in [-0.4, -0.2) is 60.9 Å². The van der Waals surface area contributed by atoms with Crippen LogP contribution in [0.15, 0.2) is 70.9 Å². The number of nitrogens with one attached hydrogen (secondary N) is 2. The number of allylic oxidation sites excluding steroid dienone is 9. The Kier molecular flexibility index (Phi) is 10.0. The Balaban J connectivity index is 1.57. The van der Waals surface area contributed by atoms with Crippen molar-refractivity contribution in [2.24, 2.45) is 17.3 Å². The summed E-state index contributed by atoms with van der Waals surface area (Å²) in [5.74, 6) is -2.10. The van der Waals surface area contributed by atoms with Gasteiger partial charge in [0.1, 0.15) is 11.9 Å². The molecule has 3 fully saturated rings. The Morgan fingerprint density at radius 3 is 2.60 bits per heavy atom. The molecule has 3 aliphatic heterocycles. The number of rotatable bonds is 6. The van der Waals surface area contributed by atoms with Gasteiger partial charge in [-0.3, -0.25) is 9.59 Å². The molecule has 1 aromatic rings. The van der Waals surface area contributed by atoms with Crippen LogP contribution in [0.2, 0.25) is 5.02 Å². The second-order valence-corrected chi connectivity index (χ2v) is 13.4. The summed E-state index contributed by atoms with van der Waals surface area (Å²) in [6.07, 6.45) is 11.6. The van der Waals surface area contributed by atoms with Crippen molar-refractivity contribution in [3.8, 4) is 5.75 Å². The molecule has 8 nitrogen and oxygen atoms in total. The largest absolute Gasteiger partial charge is 0.490 e. The lowest BCUT2D eigenvalue weighted by atomic mass is 9.58. The minimum Gasteiger partial charge on any atom is -0.490 e. The number of hydrogen-bond donors (Lipinski definition) is 2. The van der Waals surface area contributed by atoms with Gasteiger partial charge in [0.15, 0.2) is 5.82 Å². The van der Waals surface area contributed by atoms with E-state index in [2.05, 4.69) is 17.2 Å².